The molecule has 33 heavy (non-hydrogen) atoms. The molecule has 0 spiro atoms. The molecule has 0 aromatic carbocycles. The molecule has 16 N–H and O–H groups in total. The summed E-state index contributed by atoms with van der Waals surface area (Å²) in [7, 11) is 0. The van der Waals surface area contributed by atoms with Gasteiger partial charge in [0.1, 0.15) is 54.9 Å². The van der Waals surface area contributed by atoms with Gasteiger partial charge in [0.2, 0.25) is 0 Å². The van der Waals surface area contributed by atoms with E-state index in [-0.39, 0.29) is 13.0 Å². The van der Waals surface area contributed by atoms with E-state index in [1.165, 1.54) is 0 Å². The maximum atomic E-state index is 11.0. The lowest BCUT2D eigenvalue weighted by Crippen LogP contribution is -2.69. The van der Waals surface area contributed by atoms with E-state index in [1.807, 2.05) is 0 Å². The van der Waals surface area contributed by atoms with Gasteiger partial charge in [-0.2, -0.15) is 0 Å². The fourth-order valence-electron chi connectivity index (χ4n) is 4.45. The minimum Gasteiger partial charge on any atom is -0.394 e. The predicted octanol–water partition coefficient (Wildman–Crippen LogP) is -7.33. The van der Waals surface area contributed by atoms with Crippen LogP contribution in [0.15, 0.2) is 0 Å². The van der Waals surface area contributed by atoms with Crippen molar-refractivity contribution in [1.82, 2.24) is 0 Å². The number of hydrogen-bond acceptors (Lipinski definition) is 15. The van der Waals surface area contributed by atoms with E-state index < -0.39 is 98.3 Å². The Morgan fingerprint density at radius 1 is 0.667 bits per heavy atom. The molecule has 1 aliphatic carbocycles. The van der Waals surface area contributed by atoms with E-state index in [2.05, 4.69) is 0 Å². The topological polar surface area (TPSA) is 288 Å². The molecule has 1 saturated carbocycles. The van der Waals surface area contributed by atoms with E-state index in [9.17, 15) is 30.6 Å². The molecule has 0 amide bonds. The summed E-state index contributed by atoms with van der Waals surface area (Å²) in [5, 5.41) is 60.9. The van der Waals surface area contributed by atoms with Crippen LogP contribution in [-0.2, 0) is 18.9 Å². The number of hydrogen-bond donors (Lipinski definition) is 11. The Morgan fingerprint density at radius 2 is 1.21 bits per heavy atom. The molecule has 2 aliphatic heterocycles. The van der Waals surface area contributed by atoms with Crippen molar-refractivity contribution >= 4 is 0 Å². The summed E-state index contributed by atoms with van der Waals surface area (Å²) in [6.07, 6.45) is -13.9. The third kappa shape index (κ3) is 5.32. The highest BCUT2D eigenvalue weighted by Gasteiger charge is 2.51. The van der Waals surface area contributed by atoms with Crippen LogP contribution in [-0.4, -0.2) is 135 Å². The molecule has 3 fully saturated rings. The third-order valence-electron chi connectivity index (χ3n) is 6.56. The molecule has 0 aromatic rings. The number of aliphatic hydroxyl groups excluding tert-OH is 6. The lowest BCUT2D eigenvalue weighted by molar-refractivity contribution is -0.318. The minimum absolute atomic E-state index is 0.115. The smallest absolute Gasteiger partial charge is 0.186 e. The molecule has 0 aromatic heterocycles. The highest BCUT2D eigenvalue weighted by atomic mass is 16.7. The van der Waals surface area contributed by atoms with Crippen LogP contribution < -0.4 is 28.7 Å². The van der Waals surface area contributed by atoms with E-state index in [1.54, 1.807) is 0 Å². The van der Waals surface area contributed by atoms with Crippen LogP contribution in [0.4, 0.5) is 0 Å². The first-order chi connectivity index (χ1) is 15.5. The maximum Gasteiger partial charge on any atom is 0.186 e. The molecule has 15 atom stereocenters. The van der Waals surface area contributed by atoms with Gasteiger partial charge >= 0.3 is 0 Å². The van der Waals surface area contributed by atoms with Crippen molar-refractivity contribution in [3.05, 3.63) is 0 Å². The van der Waals surface area contributed by atoms with Crippen molar-refractivity contribution in [2.75, 3.05) is 13.2 Å². The number of aliphatic hydroxyl groups is 6. The Kier molecular flexibility index (Phi) is 8.99. The van der Waals surface area contributed by atoms with Crippen molar-refractivity contribution < 1.29 is 49.6 Å². The molecule has 0 radical (unpaired) electrons. The zero-order chi connectivity index (χ0) is 24.6. The van der Waals surface area contributed by atoms with E-state index in [0.29, 0.717) is 0 Å². The average Bonchev–Trinajstić information content (AvgIpc) is 2.79. The lowest BCUT2D eigenvalue weighted by Gasteiger charge is -2.48. The van der Waals surface area contributed by atoms with Gasteiger partial charge in [0, 0.05) is 18.6 Å². The summed E-state index contributed by atoms with van der Waals surface area (Å²) < 4.78 is 22.5. The molecule has 15 heteroatoms. The Bertz CT molecular complexity index is 585. The molecule has 15 nitrogen and oxygen atoms in total. The zero-order valence-corrected chi connectivity index (χ0v) is 18.0. The summed E-state index contributed by atoms with van der Waals surface area (Å²) >= 11 is 0. The summed E-state index contributed by atoms with van der Waals surface area (Å²) in [6, 6.07) is -3.92. The van der Waals surface area contributed by atoms with Crippen LogP contribution in [0.25, 0.3) is 0 Å². The summed E-state index contributed by atoms with van der Waals surface area (Å²) in [5.74, 6) is 0. The molecule has 2 heterocycles. The maximum absolute atomic E-state index is 11.0. The lowest BCUT2D eigenvalue weighted by atomic mass is 9.84. The second kappa shape index (κ2) is 11.0. The van der Waals surface area contributed by atoms with Crippen LogP contribution in [0.2, 0.25) is 0 Å². The van der Waals surface area contributed by atoms with Gasteiger partial charge < -0.3 is 78.3 Å². The van der Waals surface area contributed by atoms with Crippen LogP contribution in [0.1, 0.15) is 6.42 Å². The number of ether oxygens (including phenoxy) is 4. The molecule has 2 saturated heterocycles. The van der Waals surface area contributed by atoms with E-state index >= 15 is 0 Å². The molecular formula is C18H37N5O10. The molecule has 194 valence electrons. The summed E-state index contributed by atoms with van der Waals surface area (Å²) in [5.41, 5.74) is 29.6. The summed E-state index contributed by atoms with van der Waals surface area (Å²) in [4.78, 5) is 0. The number of nitrogens with two attached hydrogens (primary N) is 5. The quantitative estimate of drug-likeness (QED) is 0.167. The minimum atomic E-state index is -1.48. The summed E-state index contributed by atoms with van der Waals surface area (Å²) in [6.45, 7) is -0.694. The first kappa shape index (κ1) is 27.0. The van der Waals surface area contributed by atoms with Gasteiger partial charge in [0.15, 0.2) is 12.6 Å². The predicted molar refractivity (Wildman–Crippen MR) is 110 cm³/mol. The Labute approximate surface area is 190 Å². The van der Waals surface area contributed by atoms with Gasteiger partial charge in [-0.3, -0.25) is 0 Å². The second-order valence-corrected chi connectivity index (χ2v) is 8.88. The Hall–Kier alpha value is -0.600. The van der Waals surface area contributed by atoms with Gasteiger partial charge in [-0.25, -0.2) is 0 Å². The van der Waals surface area contributed by atoms with Gasteiger partial charge in [-0.05, 0) is 6.42 Å². The van der Waals surface area contributed by atoms with E-state index in [0.717, 1.165) is 0 Å². The monoisotopic (exact) mass is 483 g/mol. The largest absolute Gasteiger partial charge is 0.394 e. The van der Waals surface area contributed by atoms with Crippen LogP contribution in [0.5, 0.6) is 0 Å². The molecule has 3 aliphatic rings. The third-order valence-corrected chi connectivity index (χ3v) is 6.56. The van der Waals surface area contributed by atoms with Gasteiger partial charge in [-0.15, -0.1) is 0 Å². The standard InChI is InChI=1S/C18H37N5O10/c19-2-6-11(26)12(27)9(23)17(30-6)32-15-4(20)1-5(21)16(14(15)29)33-18-13(28)8(22)10(25)7(3-24)31-18/h4-18,24-29H,1-3,19-23H2/t4?,5?,6-,7-,8+,9-,10-,11-,12-,13-,14?,15?,16?,17-,18-/m1/s1. The van der Waals surface area contributed by atoms with Crippen LogP contribution in [0.3, 0.4) is 0 Å². The van der Waals surface area contributed by atoms with Gasteiger partial charge in [0.25, 0.3) is 0 Å². The molecule has 0 bridgehead atoms. The van der Waals surface area contributed by atoms with Crippen molar-refractivity contribution in [2.24, 2.45) is 28.7 Å². The average molecular weight is 484 g/mol. The van der Waals surface area contributed by atoms with Gasteiger partial charge in [-0.1, -0.05) is 0 Å². The first-order valence-corrected chi connectivity index (χ1v) is 10.9. The van der Waals surface area contributed by atoms with Crippen LogP contribution >= 0.6 is 0 Å². The van der Waals surface area contributed by atoms with Crippen molar-refractivity contribution in [2.45, 2.75) is 98.1 Å². The van der Waals surface area contributed by atoms with Crippen molar-refractivity contribution in [1.29, 1.82) is 0 Å². The van der Waals surface area contributed by atoms with Crippen LogP contribution in [0, 0.1) is 0 Å². The van der Waals surface area contributed by atoms with Crippen molar-refractivity contribution in [3.63, 3.8) is 0 Å². The SMILES string of the molecule is NC[C@H]1O[C@H](OC2C(N)CC(N)C(O[C@H]3O[C@H](CO)[C@@H](O)[C@H](N)[C@H]3O)C2O)[C@H](N)[C@@H](O)[C@@H]1O. The molecule has 3 rings (SSSR count). The second-order valence-electron chi connectivity index (χ2n) is 8.88. The normalized spacial score (nSPS) is 53.7. The fourth-order valence-corrected chi connectivity index (χ4v) is 4.45. The molecular weight excluding hydrogens is 446 g/mol. The van der Waals surface area contributed by atoms with Crippen molar-refractivity contribution in [3.8, 4) is 0 Å². The highest BCUT2D eigenvalue weighted by molar-refractivity contribution is 5.01. The van der Waals surface area contributed by atoms with E-state index in [4.69, 9.17) is 47.6 Å². The zero-order valence-electron chi connectivity index (χ0n) is 18.0. The highest BCUT2D eigenvalue weighted by Crippen LogP contribution is 2.30. The fraction of sp³-hybridized carbons (Fsp3) is 1.00. The molecule has 5 unspecified atom stereocenters. The Balaban J connectivity index is 1.72. The Morgan fingerprint density at radius 3 is 1.76 bits per heavy atom. The van der Waals surface area contributed by atoms with Gasteiger partial charge in [0.05, 0.1) is 18.7 Å². The first-order valence-electron chi connectivity index (χ1n) is 10.9. The number of rotatable bonds is 6.